The van der Waals surface area contributed by atoms with Crippen LogP contribution in [0.15, 0.2) is 48.5 Å². The van der Waals surface area contributed by atoms with Gasteiger partial charge in [-0.2, -0.15) is 0 Å². The van der Waals surface area contributed by atoms with Crippen molar-refractivity contribution in [2.24, 2.45) is 5.92 Å². The smallest absolute Gasteiger partial charge is 0.228 e. The number of benzene rings is 2. The van der Waals surface area contributed by atoms with Gasteiger partial charge in [0.05, 0.1) is 13.0 Å². The molecule has 1 atom stereocenters. The second-order valence-electron chi connectivity index (χ2n) is 10.1. The van der Waals surface area contributed by atoms with Crippen LogP contribution < -0.4 is 9.64 Å². The molecule has 0 radical (unpaired) electrons. The molecule has 7 heteroatoms. The maximum absolute atomic E-state index is 13.3. The predicted molar refractivity (Wildman–Crippen MR) is 140 cm³/mol. The van der Waals surface area contributed by atoms with Crippen LogP contribution in [0.4, 0.5) is 5.69 Å². The topological polar surface area (TPSA) is 70.2 Å². The number of hydrogen-bond acceptors (Lipinski definition) is 4. The normalized spacial score (nSPS) is 18.5. The molecule has 0 bridgehead atoms. The quantitative estimate of drug-likeness (QED) is 0.590. The third-order valence-corrected chi connectivity index (χ3v) is 7.27. The molecule has 2 aromatic carbocycles. The number of rotatable bonds is 7. The molecular formula is C29H37N3O4. The minimum atomic E-state index is -0.336. The van der Waals surface area contributed by atoms with Gasteiger partial charge in [-0.15, -0.1) is 0 Å². The fraction of sp³-hybridized carbons (Fsp3) is 0.483. The lowest BCUT2D eigenvalue weighted by Gasteiger charge is -2.25. The van der Waals surface area contributed by atoms with Crippen LogP contribution in [-0.2, 0) is 20.8 Å². The van der Waals surface area contributed by atoms with E-state index >= 15 is 0 Å². The highest BCUT2D eigenvalue weighted by Gasteiger charge is 2.37. The summed E-state index contributed by atoms with van der Waals surface area (Å²) in [7, 11) is 1.64. The number of nitrogens with zero attached hydrogens (tertiary/aromatic N) is 3. The Morgan fingerprint density at radius 2 is 1.72 bits per heavy atom. The zero-order chi connectivity index (χ0) is 25.7. The number of aryl methyl sites for hydroxylation is 1. The standard InChI is InChI=1S/C29H37N3O4/c1-21(2)23-6-4-7-25(18-23)32-20-24(19-28(32)34)29(35)31-15-5-14-30(16-17-31)27(33)13-10-22-8-11-26(36-3)12-9-22/h4,6-9,11-12,18,21,24H,5,10,13-17,19-20H2,1-3H3. The Labute approximate surface area is 214 Å². The van der Waals surface area contributed by atoms with Crippen molar-refractivity contribution >= 4 is 23.4 Å². The van der Waals surface area contributed by atoms with Gasteiger partial charge in [0.1, 0.15) is 5.75 Å². The van der Waals surface area contributed by atoms with Gasteiger partial charge < -0.3 is 19.4 Å². The molecule has 0 N–H and O–H groups in total. The minimum Gasteiger partial charge on any atom is -0.497 e. The van der Waals surface area contributed by atoms with Crippen LogP contribution in [-0.4, -0.2) is 67.4 Å². The Kier molecular flexibility index (Phi) is 8.28. The fourth-order valence-corrected chi connectivity index (χ4v) is 5.02. The van der Waals surface area contributed by atoms with Crippen molar-refractivity contribution in [3.8, 4) is 5.75 Å². The second kappa shape index (κ2) is 11.6. The van der Waals surface area contributed by atoms with Gasteiger partial charge in [0.15, 0.2) is 0 Å². The molecule has 36 heavy (non-hydrogen) atoms. The van der Waals surface area contributed by atoms with Crippen molar-refractivity contribution < 1.29 is 19.1 Å². The van der Waals surface area contributed by atoms with E-state index in [9.17, 15) is 14.4 Å². The number of amides is 3. The van der Waals surface area contributed by atoms with Crippen molar-refractivity contribution in [1.82, 2.24) is 9.80 Å². The molecular weight excluding hydrogens is 454 g/mol. The summed E-state index contributed by atoms with van der Waals surface area (Å²) >= 11 is 0. The average molecular weight is 492 g/mol. The molecule has 0 spiro atoms. The maximum atomic E-state index is 13.3. The number of hydrogen-bond donors (Lipinski definition) is 0. The van der Waals surface area contributed by atoms with Gasteiger partial charge in [-0.05, 0) is 54.2 Å². The Bertz CT molecular complexity index is 1080. The highest BCUT2D eigenvalue weighted by molar-refractivity contribution is 6.00. The van der Waals surface area contributed by atoms with Crippen LogP contribution in [0.3, 0.4) is 0 Å². The number of ether oxygens (including phenoxy) is 1. The first kappa shape index (κ1) is 25.7. The van der Waals surface area contributed by atoms with Gasteiger partial charge in [-0.25, -0.2) is 0 Å². The van der Waals surface area contributed by atoms with Gasteiger partial charge in [0.25, 0.3) is 0 Å². The van der Waals surface area contributed by atoms with Crippen LogP contribution in [0.1, 0.15) is 50.2 Å². The molecule has 2 saturated heterocycles. The van der Waals surface area contributed by atoms with E-state index in [2.05, 4.69) is 26.0 Å². The number of methoxy groups -OCH3 is 1. The van der Waals surface area contributed by atoms with Crippen molar-refractivity contribution in [1.29, 1.82) is 0 Å². The van der Waals surface area contributed by atoms with Crippen LogP contribution in [0.2, 0.25) is 0 Å². The van der Waals surface area contributed by atoms with E-state index < -0.39 is 0 Å². The van der Waals surface area contributed by atoms with Crippen molar-refractivity contribution in [3.05, 3.63) is 59.7 Å². The number of anilines is 1. The first-order valence-electron chi connectivity index (χ1n) is 13.0. The molecule has 192 valence electrons. The van der Waals surface area contributed by atoms with Gasteiger partial charge in [0.2, 0.25) is 17.7 Å². The zero-order valence-corrected chi connectivity index (χ0v) is 21.6. The lowest BCUT2D eigenvalue weighted by Crippen LogP contribution is -2.40. The van der Waals surface area contributed by atoms with E-state index in [1.807, 2.05) is 46.2 Å². The molecule has 0 saturated carbocycles. The van der Waals surface area contributed by atoms with Crippen LogP contribution in [0, 0.1) is 5.92 Å². The molecule has 7 nitrogen and oxygen atoms in total. The van der Waals surface area contributed by atoms with Crippen molar-refractivity contribution in [3.63, 3.8) is 0 Å². The van der Waals surface area contributed by atoms with Crippen molar-refractivity contribution in [2.75, 3.05) is 44.7 Å². The fourth-order valence-electron chi connectivity index (χ4n) is 5.02. The molecule has 0 aliphatic carbocycles. The summed E-state index contributed by atoms with van der Waals surface area (Å²) in [6.07, 6.45) is 2.12. The van der Waals surface area contributed by atoms with Gasteiger partial charge in [0, 0.05) is 51.3 Å². The van der Waals surface area contributed by atoms with Crippen LogP contribution in [0.25, 0.3) is 0 Å². The molecule has 2 aliphatic rings. The third kappa shape index (κ3) is 6.07. The molecule has 4 rings (SSSR count). The zero-order valence-electron chi connectivity index (χ0n) is 21.6. The molecule has 1 unspecified atom stereocenters. The Morgan fingerprint density at radius 1 is 1.00 bits per heavy atom. The Balaban J connectivity index is 1.30. The lowest BCUT2D eigenvalue weighted by molar-refractivity contribution is -0.136. The third-order valence-electron chi connectivity index (χ3n) is 7.27. The van der Waals surface area contributed by atoms with E-state index in [0.29, 0.717) is 51.5 Å². The average Bonchev–Trinajstić information content (AvgIpc) is 3.11. The SMILES string of the molecule is COc1ccc(CCC(=O)N2CCCN(C(=O)C3CC(=O)N(c4cccc(C(C)C)c4)C3)CC2)cc1. The van der Waals surface area contributed by atoms with E-state index in [4.69, 9.17) is 4.74 Å². The molecule has 2 fully saturated rings. The maximum Gasteiger partial charge on any atom is 0.228 e. The summed E-state index contributed by atoms with van der Waals surface area (Å²) in [4.78, 5) is 44.4. The summed E-state index contributed by atoms with van der Waals surface area (Å²) in [6.45, 7) is 7.00. The Hall–Kier alpha value is -3.35. The highest BCUT2D eigenvalue weighted by atomic mass is 16.5. The van der Waals surface area contributed by atoms with E-state index in [-0.39, 0.29) is 30.1 Å². The molecule has 0 aromatic heterocycles. The number of carbonyl (C=O) groups is 3. The summed E-state index contributed by atoms with van der Waals surface area (Å²) in [5.41, 5.74) is 3.15. The van der Waals surface area contributed by atoms with Crippen LogP contribution in [0.5, 0.6) is 5.75 Å². The minimum absolute atomic E-state index is 0.000542. The second-order valence-corrected chi connectivity index (χ2v) is 10.1. The number of carbonyl (C=O) groups excluding carboxylic acids is 3. The van der Waals surface area contributed by atoms with Crippen LogP contribution >= 0.6 is 0 Å². The lowest BCUT2D eigenvalue weighted by atomic mass is 10.0. The summed E-state index contributed by atoms with van der Waals surface area (Å²) in [5.74, 6) is 0.986. The van der Waals surface area contributed by atoms with E-state index in [1.54, 1.807) is 12.0 Å². The predicted octanol–water partition coefficient (Wildman–Crippen LogP) is 3.87. The van der Waals surface area contributed by atoms with E-state index in [0.717, 1.165) is 23.4 Å². The molecule has 2 aliphatic heterocycles. The molecule has 3 amide bonds. The highest BCUT2D eigenvalue weighted by Crippen LogP contribution is 2.29. The molecule has 2 heterocycles. The van der Waals surface area contributed by atoms with E-state index in [1.165, 1.54) is 5.56 Å². The van der Waals surface area contributed by atoms with Gasteiger partial charge in [-0.1, -0.05) is 38.1 Å². The summed E-state index contributed by atoms with van der Waals surface area (Å²) in [6, 6.07) is 15.8. The molecule has 2 aromatic rings. The first-order valence-corrected chi connectivity index (χ1v) is 13.0. The van der Waals surface area contributed by atoms with Gasteiger partial charge >= 0.3 is 0 Å². The largest absolute Gasteiger partial charge is 0.497 e. The van der Waals surface area contributed by atoms with Gasteiger partial charge in [-0.3, -0.25) is 14.4 Å². The summed E-state index contributed by atoms with van der Waals surface area (Å²) < 4.78 is 5.19. The van der Waals surface area contributed by atoms with Crippen molar-refractivity contribution in [2.45, 2.75) is 45.4 Å². The monoisotopic (exact) mass is 491 g/mol. The summed E-state index contributed by atoms with van der Waals surface area (Å²) in [5, 5.41) is 0. The first-order chi connectivity index (χ1) is 17.4. The Morgan fingerprint density at radius 3 is 2.44 bits per heavy atom.